The zero-order valence-electron chi connectivity index (χ0n) is 15.9. The van der Waals surface area contributed by atoms with Crippen LogP contribution in [0.25, 0.3) is 0 Å². The van der Waals surface area contributed by atoms with Gasteiger partial charge in [0.1, 0.15) is 5.82 Å². The van der Waals surface area contributed by atoms with Gasteiger partial charge in [0.25, 0.3) is 5.56 Å². The number of esters is 1. The number of fused-ring (bicyclic) bond motifs is 1. The molecule has 0 fully saturated rings. The van der Waals surface area contributed by atoms with E-state index in [0.717, 1.165) is 4.57 Å². The molecule has 2 aromatic heterocycles. The van der Waals surface area contributed by atoms with Gasteiger partial charge in [-0.15, -0.1) is 0 Å². The first-order valence-corrected chi connectivity index (χ1v) is 8.62. The quantitative estimate of drug-likeness (QED) is 0.818. The number of nitrogens with zero attached hydrogens (tertiary/aromatic N) is 3. The molecular formula is C19H22N4O4. The van der Waals surface area contributed by atoms with E-state index in [1.807, 2.05) is 0 Å². The highest BCUT2D eigenvalue weighted by Gasteiger charge is 2.37. The summed E-state index contributed by atoms with van der Waals surface area (Å²) in [6.45, 7) is 5.25. The summed E-state index contributed by atoms with van der Waals surface area (Å²) in [6.07, 6.45) is 2.92. The third-order valence-electron chi connectivity index (χ3n) is 4.57. The van der Waals surface area contributed by atoms with E-state index < -0.39 is 23.1 Å². The zero-order chi connectivity index (χ0) is 19.9. The van der Waals surface area contributed by atoms with Gasteiger partial charge in [0.15, 0.2) is 0 Å². The van der Waals surface area contributed by atoms with Gasteiger partial charge in [-0.25, -0.2) is 9.59 Å². The first-order chi connectivity index (χ1) is 12.7. The largest absolute Gasteiger partial charge is 0.460 e. The number of carbonyl (C=O) groups is 1. The fraction of sp³-hybridized carbons (Fsp3) is 0.368. The van der Waals surface area contributed by atoms with Crippen molar-refractivity contribution < 1.29 is 9.53 Å². The predicted octanol–water partition coefficient (Wildman–Crippen LogP) is 1.26. The van der Waals surface area contributed by atoms with Crippen molar-refractivity contribution in [1.29, 1.82) is 0 Å². The summed E-state index contributed by atoms with van der Waals surface area (Å²) in [5, 5.41) is 3.05. The van der Waals surface area contributed by atoms with Crippen LogP contribution in [0.4, 0.5) is 5.82 Å². The molecule has 0 bridgehead atoms. The number of aromatic nitrogens is 3. The van der Waals surface area contributed by atoms with Crippen LogP contribution in [0, 0.1) is 0 Å². The van der Waals surface area contributed by atoms with Gasteiger partial charge < -0.3 is 10.1 Å². The Bertz CT molecular complexity index is 1050. The Kier molecular flexibility index (Phi) is 4.73. The lowest BCUT2D eigenvalue weighted by Gasteiger charge is -2.31. The van der Waals surface area contributed by atoms with Gasteiger partial charge in [-0.3, -0.25) is 18.9 Å². The first-order valence-electron chi connectivity index (χ1n) is 8.62. The molecule has 3 heterocycles. The van der Waals surface area contributed by atoms with Crippen LogP contribution in [-0.4, -0.2) is 26.2 Å². The van der Waals surface area contributed by atoms with Crippen LogP contribution < -0.4 is 16.6 Å². The lowest BCUT2D eigenvalue weighted by atomic mass is 9.83. The van der Waals surface area contributed by atoms with Gasteiger partial charge in [0, 0.05) is 32.2 Å². The molecule has 0 aromatic carbocycles. The third-order valence-corrected chi connectivity index (χ3v) is 4.57. The highest BCUT2D eigenvalue weighted by atomic mass is 16.5. The average molecular weight is 370 g/mol. The molecule has 0 saturated carbocycles. The van der Waals surface area contributed by atoms with Crippen LogP contribution in [0.2, 0.25) is 0 Å². The lowest BCUT2D eigenvalue weighted by molar-refractivity contribution is -0.143. The second kappa shape index (κ2) is 6.86. The van der Waals surface area contributed by atoms with E-state index in [0.29, 0.717) is 28.2 Å². The molecule has 1 aliphatic heterocycles. The second-order valence-corrected chi connectivity index (χ2v) is 6.81. The Morgan fingerprint density at radius 3 is 2.56 bits per heavy atom. The second-order valence-electron chi connectivity index (χ2n) is 6.81. The standard InChI is InChI=1S/C19H22N4O4/c1-10(2)27-18(25)13-11(3)21-16-15(14(13)12-7-6-8-20-9-12)17(24)23(5)19(26)22(16)4/h6-10,14,21H,1-5H3/t14-/m0/s1. The number of nitrogens with one attached hydrogen (secondary N) is 1. The minimum Gasteiger partial charge on any atom is -0.460 e. The normalized spacial score (nSPS) is 16.1. The smallest absolute Gasteiger partial charge is 0.337 e. The molecule has 1 aliphatic rings. The van der Waals surface area contributed by atoms with Crippen molar-refractivity contribution in [2.24, 2.45) is 14.1 Å². The summed E-state index contributed by atoms with van der Waals surface area (Å²) in [5.41, 5.74) is 0.944. The average Bonchev–Trinajstić information content (AvgIpc) is 2.63. The monoisotopic (exact) mass is 370 g/mol. The van der Waals surface area contributed by atoms with E-state index in [4.69, 9.17) is 4.74 Å². The number of pyridine rings is 1. The first kappa shape index (κ1) is 18.6. The Morgan fingerprint density at radius 2 is 1.96 bits per heavy atom. The van der Waals surface area contributed by atoms with Crippen molar-refractivity contribution in [2.45, 2.75) is 32.8 Å². The lowest BCUT2D eigenvalue weighted by Crippen LogP contribution is -2.43. The molecule has 8 nitrogen and oxygen atoms in total. The van der Waals surface area contributed by atoms with Gasteiger partial charge in [-0.2, -0.15) is 0 Å². The number of hydrogen-bond acceptors (Lipinski definition) is 6. The minimum atomic E-state index is -0.688. The molecule has 27 heavy (non-hydrogen) atoms. The predicted molar refractivity (Wildman–Crippen MR) is 101 cm³/mol. The zero-order valence-corrected chi connectivity index (χ0v) is 15.9. The van der Waals surface area contributed by atoms with E-state index in [9.17, 15) is 14.4 Å². The number of ether oxygens (including phenoxy) is 1. The van der Waals surface area contributed by atoms with Crippen molar-refractivity contribution in [3.8, 4) is 0 Å². The Hall–Kier alpha value is -3.16. The minimum absolute atomic E-state index is 0.309. The molecule has 3 rings (SSSR count). The van der Waals surface area contributed by atoms with Crippen LogP contribution in [0.1, 0.15) is 37.8 Å². The molecule has 0 unspecified atom stereocenters. The topological polar surface area (TPSA) is 95.2 Å². The molecule has 0 saturated heterocycles. The molecular weight excluding hydrogens is 348 g/mol. The number of hydrogen-bond donors (Lipinski definition) is 1. The number of allylic oxidation sites excluding steroid dienone is 1. The van der Waals surface area contributed by atoms with Crippen LogP contribution >= 0.6 is 0 Å². The van der Waals surface area contributed by atoms with E-state index in [1.165, 1.54) is 11.6 Å². The fourth-order valence-corrected chi connectivity index (χ4v) is 3.32. The SMILES string of the molecule is CC1=C(C(=O)OC(C)C)[C@H](c2cccnc2)c2c(n(C)c(=O)n(C)c2=O)N1. The maximum absolute atomic E-state index is 13.0. The van der Waals surface area contributed by atoms with Crippen molar-refractivity contribution in [3.63, 3.8) is 0 Å². The van der Waals surface area contributed by atoms with Gasteiger partial charge in [-0.1, -0.05) is 6.07 Å². The van der Waals surface area contributed by atoms with Gasteiger partial charge in [0.05, 0.1) is 23.2 Å². The molecule has 1 atom stereocenters. The molecule has 142 valence electrons. The summed E-state index contributed by atoms with van der Waals surface area (Å²) < 4.78 is 7.82. The Morgan fingerprint density at radius 1 is 1.26 bits per heavy atom. The van der Waals surface area contributed by atoms with Crippen molar-refractivity contribution in [1.82, 2.24) is 14.1 Å². The van der Waals surface area contributed by atoms with Crippen LogP contribution in [0.3, 0.4) is 0 Å². The molecule has 8 heteroatoms. The van der Waals surface area contributed by atoms with E-state index in [1.54, 1.807) is 52.3 Å². The van der Waals surface area contributed by atoms with Crippen molar-refractivity contribution in [2.75, 3.05) is 5.32 Å². The molecule has 0 aliphatic carbocycles. The van der Waals surface area contributed by atoms with Gasteiger partial charge in [-0.05, 0) is 32.4 Å². The Labute approximate surface area is 156 Å². The summed E-state index contributed by atoms with van der Waals surface area (Å²) in [5.74, 6) is -0.826. The van der Waals surface area contributed by atoms with E-state index in [2.05, 4.69) is 10.3 Å². The van der Waals surface area contributed by atoms with Crippen molar-refractivity contribution >= 4 is 11.8 Å². The summed E-state index contributed by atoms with van der Waals surface area (Å²) in [4.78, 5) is 42.3. The Balaban J connectivity index is 2.35. The summed E-state index contributed by atoms with van der Waals surface area (Å²) in [7, 11) is 3.00. The fourth-order valence-electron chi connectivity index (χ4n) is 3.32. The maximum atomic E-state index is 13.0. The van der Waals surface area contributed by atoms with E-state index in [-0.39, 0.29) is 6.10 Å². The van der Waals surface area contributed by atoms with Crippen LogP contribution in [0.5, 0.6) is 0 Å². The van der Waals surface area contributed by atoms with Gasteiger partial charge in [0.2, 0.25) is 0 Å². The highest BCUT2D eigenvalue weighted by molar-refractivity contribution is 5.94. The molecule has 0 radical (unpaired) electrons. The van der Waals surface area contributed by atoms with Gasteiger partial charge >= 0.3 is 11.7 Å². The highest BCUT2D eigenvalue weighted by Crippen LogP contribution is 2.39. The third kappa shape index (κ3) is 3.07. The van der Waals surface area contributed by atoms with Crippen molar-refractivity contribution in [3.05, 3.63) is 67.8 Å². The molecule has 2 aromatic rings. The maximum Gasteiger partial charge on any atom is 0.337 e. The summed E-state index contributed by atoms with van der Waals surface area (Å²) >= 11 is 0. The van der Waals surface area contributed by atoms with Crippen LogP contribution in [0.15, 0.2) is 45.4 Å². The molecule has 0 amide bonds. The number of carbonyl (C=O) groups excluding carboxylic acids is 1. The number of rotatable bonds is 3. The van der Waals surface area contributed by atoms with E-state index >= 15 is 0 Å². The molecule has 1 N–H and O–H groups in total. The number of anilines is 1. The summed E-state index contributed by atoms with van der Waals surface area (Å²) in [6, 6.07) is 3.54. The molecule has 0 spiro atoms. The van der Waals surface area contributed by atoms with Crippen LogP contribution in [-0.2, 0) is 23.6 Å².